The van der Waals surface area contributed by atoms with Crippen molar-refractivity contribution in [3.05, 3.63) is 65.5 Å². The summed E-state index contributed by atoms with van der Waals surface area (Å²) in [5.74, 6) is 0.716. The summed E-state index contributed by atoms with van der Waals surface area (Å²) in [6.45, 7) is 5.06. The minimum atomic E-state index is -0.175. The highest BCUT2D eigenvalue weighted by Crippen LogP contribution is 2.27. The molecule has 1 unspecified atom stereocenters. The highest BCUT2D eigenvalue weighted by atomic mass is 32.2. The predicted molar refractivity (Wildman–Crippen MR) is 84.7 cm³/mol. The lowest BCUT2D eigenvalue weighted by atomic mass is 10.1. The number of halogens is 1. The largest absolute Gasteiger partial charge is 0.309 e. The van der Waals surface area contributed by atoms with Crippen LogP contribution < -0.4 is 5.32 Å². The van der Waals surface area contributed by atoms with Crippen LogP contribution in [0, 0.1) is 12.7 Å². The van der Waals surface area contributed by atoms with Gasteiger partial charge in [-0.25, -0.2) is 4.39 Å². The highest BCUT2D eigenvalue weighted by Gasteiger charge is 2.12. The Balaban J connectivity index is 2.08. The van der Waals surface area contributed by atoms with E-state index < -0.39 is 0 Å². The topological polar surface area (TPSA) is 12.0 Å². The Labute approximate surface area is 124 Å². The lowest BCUT2D eigenvalue weighted by molar-refractivity contribution is 0.588. The van der Waals surface area contributed by atoms with Crippen molar-refractivity contribution >= 4 is 11.8 Å². The van der Waals surface area contributed by atoms with Crippen molar-refractivity contribution in [1.29, 1.82) is 0 Å². The summed E-state index contributed by atoms with van der Waals surface area (Å²) in [6.07, 6.45) is 0. The van der Waals surface area contributed by atoms with Gasteiger partial charge in [0.1, 0.15) is 5.82 Å². The second-order valence-corrected chi connectivity index (χ2v) is 5.80. The maximum Gasteiger partial charge on any atom is 0.123 e. The fourth-order valence-corrected chi connectivity index (χ4v) is 3.26. The Morgan fingerprint density at radius 2 is 1.95 bits per heavy atom. The van der Waals surface area contributed by atoms with Crippen LogP contribution in [0.15, 0.2) is 53.4 Å². The van der Waals surface area contributed by atoms with E-state index in [4.69, 9.17) is 0 Å². The van der Waals surface area contributed by atoms with Gasteiger partial charge in [-0.3, -0.25) is 0 Å². The first kappa shape index (κ1) is 15.1. The van der Waals surface area contributed by atoms with E-state index in [9.17, 15) is 4.39 Å². The van der Waals surface area contributed by atoms with Crippen molar-refractivity contribution in [2.24, 2.45) is 0 Å². The van der Waals surface area contributed by atoms with Gasteiger partial charge in [0, 0.05) is 16.7 Å². The van der Waals surface area contributed by atoms with Crippen LogP contribution in [0.4, 0.5) is 4.39 Å². The zero-order valence-corrected chi connectivity index (χ0v) is 12.7. The van der Waals surface area contributed by atoms with Gasteiger partial charge in [0.15, 0.2) is 0 Å². The van der Waals surface area contributed by atoms with Gasteiger partial charge in [-0.2, -0.15) is 0 Å². The number of aryl methyl sites for hydroxylation is 1. The molecule has 0 saturated carbocycles. The van der Waals surface area contributed by atoms with Crippen LogP contribution in [0.2, 0.25) is 0 Å². The molecule has 0 fully saturated rings. The Kier molecular flexibility index (Phi) is 5.62. The molecule has 0 bridgehead atoms. The summed E-state index contributed by atoms with van der Waals surface area (Å²) in [5, 5.41) is 3.43. The first-order valence-corrected chi connectivity index (χ1v) is 7.86. The van der Waals surface area contributed by atoms with Gasteiger partial charge in [-0.15, -0.1) is 11.8 Å². The monoisotopic (exact) mass is 289 g/mol. The van der Waals surface area contributed by atoms with Crippen LogP contribution in [0.5, 0.6) is 0 Å². The van der Waals surface area contributed by atoms with Crippen molar-refractivity contribution in [3.63, 3.8) is 0 Å². The first-order valence-electron chi connectivity index (χ1n) is 6.88. The SMILES string of the molecule is CCNC(CSc1ccccc1C)c1cccc(F)c1. The summed E-state index contributed by atoms with van der Waals surface area (Å²) in [6, 6.07) is 15.4. The minimum absolute atomic E-state index is 0.167. The van der Waals surface area contributed by atoms with Crippen molar-refractivity contribution in [2.75, 3.05) is 12.3 Å². The number of thioether (sulfide) groups is 1. The molecule has 0 aliphatic carbocycles. The van der Waals surface area contributed by atoms with Crippen LogP contribution in [0.25, 0.3) is 0 Å². The zero-order chi connectivity index (χ0) is 14.4. The van der Waals surface area contributed by atoms with Gasteiger partial charge >= 0.3 is 0 Å². The van der Waals surface area contributed by atoms with Gasteiger partial charge in [-0.05, 0) is 42.8 Å². The van der Waals surface area contributed by atoms with Crippen molar-refractivity contribution in [3.8, 4) is 0 Å². The molecule has 0 amide bonds. The molecule has 20 heavy (non-hydrogen) atoms. The molecule has 2 aromatic rings. The average molecular weight is 289 g/mol. The second kappa shape index (κ2) is 7.46. The normalized spacial score (nSPS) is 12.3. The first-order chi connectivity index (χ1) is 9.70. The molecule has 0 heterocycles. The summed E-state index contributed by atoms with van der Waals surface area (Å²) < 4.78 is 13.4. The molecule has 3 heteroatoms. The number of nitrogens with one attached hydrogen (secondary N) is 1. The van der Waals surface area contributed by atoms with E-state index in [0.717, 1.165) is 17.9 Å². The van der Waals surface area contributed by atoms with Crippen molar-refractivity contribution in [2.45, 2.75) is 24.8 Å². The minimum Gasteiger partial charge on any atom is -0.309 e. The Morgan fingerprint density at radius 3 is 2.65 bits per heavy atom. The standard InChI is InChI=1S/C17H20FNS/c1-3-19-16(14-8-6-9-15(18)11-14)12-20-17-10-5-4-7-13(17)2/h4-11,16,19H,3,12H2,1-2H3. The highest BCUT2D eigenvalue weighted by molar-refractivity contribution is 7.99. The molecule has 0 saturated heterocycles. The number of hydrogen-bond donors (Lipinski definition) is 1. The maximum atomic E-state index is 13.4. The number of rotatable bonds is 6. The Morgan fingerprint density at radius 1 is 1.15 bits per heavy atom. The van der Waals surface area contributed by atoms with E-state index >= 15 is 0 Å². The molecule has 2 aromatic carbocycles. The summed E-state index contributed by atoms with van der Waals surface area (Å²) in [7, 11) is 0. The van der Waals surface area contributed by atoms with Crippen LogP contribution in [-0.2, 0) is 0 Å². The lowest BCUT2D eigenvalue weighted by Gasteiger charge is -2.18. The number of benzene rings is 2. The molecule has 0 radical (unpaired) electrons. The molecular weight excluding hydrogens is 269 g/mol. The van der Waals surface area contributed by atoms with E-state index in [2.05, 4.69) is 37.4 Å². The molecule has 1 atom stereocenters. The van der Waals surface area contributed by atoms with Gasteiger partial charge < -0.3 is 5.32 Å². The fourth-order valence-electron chi connectivity index (χ4n) is 2.13. The van der Waals surface area contributed by atoms with E-state index in [-0.39, 0.29) is 11.9 Å². The van der Waals surface area contributed by atoms with E-state index in [1.165, 1.54) is 16.5 Å². The van der Waals surface area contributed by atoms with Gasteiger partial charge in [0.25, 0.3) is 0 Å². The Bertz CT molecular complexity index is 556. The Hall–Kier alpha value is -1.32. The molecule has 2 rings (SSSR count). The van der Waals surface area contributed by atoms with Gasteiger partial charge in [0.2, 0.25) is 0 Å². The molecular formula is C17H20FNS. The number of hydrogen-bond acceptors (Lipinski definition) is 2. The van der Waals surface area contributed by atoms with Crippen molar-refractivity contribution in [1.82, 2.24) is 5.32 Å². The lowest BCUT2D eigenvalue weighted by Crippen LogP contribution is -2.23. The van der Waals surface area contributed by atoms with Gasteiger partial charge in [-0.1, -0.05) is 37.3 Å². The second-order valence-electron chi connectivity index (χ2n) is 4.74. The third-order valence-corrected chi connectivity index (χ3v) is 4.47. The summed E-state index contributed by atoms with van der Waals surface area (Å²) in [4.78, 5) is 1.28. The molecule has 1 nitrogen and oxygen atoms in total. The van der Waals surface area contributed by atoms with Crippen LogP contribution in [-0.4, -0.2) is 12.3 Å². The smallest absolute Gasteiger partial charge is 0.123 e. The fraction of sp³-hybridized carbons (Fsp3) is 0.294. The summed E-state index contributed by atoms with van der Waals surface area (Å²) >= 11 is 1.81. The zero-order valence-electron chi connectivity index (χ0n) is 11.9. The maximum absolute atomic E-state index is 13.4. The molecule has 0 aromatic heterocycles. The molecule has 0 spiro atoms. The van der Waals surface area contributed by atoms with E-state index in [1.807, 2.05) is 23.9 Å². The quantitative estimate of drug-likeness (QED) is 0.781. The van der Waals surface area contributed by atoms with Crippen molar-refractivity contribution < 1.29 is 4.39 Å². The summed E-state index contributed by atoms with van der Waals surface area (Å²) in [5.41, 5.74) is 2.29. The molecule has 0 aliphatic rings. The third-order valence-electron chi connectivity index (χ3n) is 3.20. The van der Waals surface area contributed by atoms with Crippen LogP contribution >= 0.6 is 11.8 Å². The molecule has 1 N–H and O–H groups in total. The van der Waals surface area contributed by atoms with E-state index in [0.29, 0.717) is 0 Å². The predicted octanol–water partition coefficient (Wildman–Crippen LogP) is 4.58. The van der Waals surface area contributed by atoms with E-state index in [1.54, 1.807) is 12.1 Å². The average Bonchev–Trinajstić information content (AvgIpc) is 2.45. The van der Waals surface area contributed by atoms with Crippen LogP contribution in [0.1, 0.15) is 24.1 Å². The van der Waals surface area contributed by atoms with Gasteiger partial charge in [0.05, 0.1) is 0 Å². The molecule has 106 valence electrons. The van der Waals surface area contributed by atoms with Crippen LogP contribution in [0.3, 0.4) is 0 Å². The third kappa shape index (κ3) is 4.09. The molecule has 0 aliphatic heterocycles.